The van der Waals surface area contributed by atoms with Crippen molar-refractivity contribution in [2.75, 3.05) is 13.2 Å². The molecule has 0 radical (unpaired) electrons. The van der Waals surface area contributed by atoms with Crippen LogP contribution in [0.25, 0.3) is 0 Å². The summed E-state index contributed by atoms with van der Waals surface area (Å²) in [5.41, 5.74) is 5.73. The second-order valence-electron chi connectivity index (χ2n) is 4.71. The smallest absolute Gasteiger partial charge is 0.381 e. The van der Waals surface area contributed by atoms with Crippen LogP contribution in [0, 0.1) is 5.92 Å². The second-order valence-corrected chi connectivity index (χ2v) is 5.12. The summed E-state index contributed by atoms with van der Waals surface area (Å²) in [7, 11) is 0. The third-order valence-electron chi connectivity index (χ3n) is 3.46. The van der Waals surface area contributed by atoms with Gasteiger partial charge in [0.05, 0.1) is 5.56 Å². The van der Waals surface area contributed by atoms with Crippen LogP contribution < -0.4 is 5.73 Å². The lowest BCUT2D eigenvalue weighted by Gasteiger charge is -2.28. The van der Waals surface area contributed by atoms with E-state index in [2.05, 4.69) is 0 Å². The molecule has 1 saturated heterocycles. The molecule has 2 N–H and O–H groups in total. The van der Waals surface area contributed by atoms with Gasteiger partial charge in [-0.1, -0.05) is 11.6 Å². The van der Waals surface area contributed by atoms with Crippen LogP contribution in [0.4, 0.5) is 13.2 Å². The number of hydrogen-bond donors (Lipinski definition) is 1. The molecule has 106 valence electrons. The highest BCUT2D eigenvalue weighted by Gasteiger charge is 2.32. The Kier molecular flexibility index (Phi) is 4.38. The van der Waals surface area contributed by atoms with Gasteiger partial charge in [-0.05, 0) is 42.5 Å². The molecule has 1 atom stereocenters. The fourth-order valence-electron chi connectivity index (χ4n) is 2.30. The molecule has 0 unspecified atom stereocenters. The Morgan fingerprint density at radius 3 is 2.47 bits per heavy atom. The summed E-state index contributed by atoms with van der Waals surface area (Å²) in [6, 6.07) is 2.81. The highest BCUT2D eigenvalue weighted by molar-refractivity contribution is 6.31. The van der Waals surface area contributed by atoms with Crippen molar-refractivity contribution in [2.24, 2.45) is 11.7 Å². The Labute approximate surface area is 114 Å². The summed E-state index contributed by atoms with van der Waals surface area (Å²) in [6.07, 6.45) is -2.89. The minimum absolute atomic E-state index is 0.106. The Bertz CT molecular complexity index is 444. The van der Waals surface area contributed by atoms with Crippen molar-refractivity contribution in [3.05, 3.63) is 34.3 Å². The second kappa shape index (κ2) is 5.69. The predicted octanol–water partition coefficient (Wildman–Crippen LogP) is 3.79. The molecule has 1 aromatic rings. The van der Waals surface area contributed by atoms with E-state index in [0.717, 1.165) is 25.0 Å². The van der Waals surface area contributed by atoms with Crippen LogP contribution in [0.2, 0.25) is 5.02 Å². The standard InChI is InChI=1S/C13H15ClF3NO/c14-11-2-1-9(13(15,16)17)7-10(11)12(18)8-3-5-19-6-4-8/h1-2,7-8,12H,3-6,18H2/t12-/m1/s1. The number of alkyl halides is 3. The van der Waals surface area contributed by atoms with Gasteiger partial charge in [0, 0.05) is 24.3 Å². The van der Waals surface area contributed by atoms with Crippen LogP contribution >= 0.6 is 11.6 Å². The molecule has 1 aromatic carbocycles. The average Bonchev–Trinajstić information content (AvgIpc) is 2.38. The van der Waals surface area contributed by atoms with Crippen LogP contribution in [0.15, 0.2) is 18.2 Å². The number of benzene rings is 1. The van der Waals surface area contributed by atoms with Gasteiger partial charge in [0.2, 0.25) is 0 Å². The van der Waals surface area contributed by atoms with E-state index >= 15 is 0 Å². The summed E-state index contributed by atoms with van der Waals surface area (Å²) in [5.74, 6) is 0.106. The van der Waals surface area contributed by atoms with Gasteiger partial charge >= 0.3 is 6.18 Å². The minimum atomic E-state index is -4.38. The van der Waals surface area contributed by atoms with E-state index in [-0.39, 0.29) is 10.9 Å². The first-order valence-corrected chi connectivity index (χ1v) is 6.47. The van der Waals surface area contributed by atoms with Gasteiger partial charge in [-0.2, -0.15) is 13.2 Å². The van der Waals surface area contributed by atoms with Gasteiger partial charge in [0.25, 0.3) is 0 Å². The van der Waals surface area contributed by atoms with E-state index in [0.29, 0.717) is 18.8 Å². The molecule has 1 aliphatic rings. The van der Waals surface area contributed by atoms with E-state index in [4.69, 9.17) is 22.1 Å². The summed E-state index contributed by atoms with van der Waals surface area (Å²) >= 11 is 5.98. The Hall–Kier alpha value is -0.780. The quantitative estimate of drug-likeness (QED) is 0.900. The molecule has 0 aromatic heterocycles. The monoisotopic (exact) mass is 293 g/mol. The summed E-state index contributed by atoms with van der Waals surface area (Å²) < 4.78 is 43.3. The molecule has 0 amide bonds. The van der Waals surface area contributed by atoms with Gasteiger partial charge in [-0.3, -0.25) is 0 Å². The highest BCUT2D eigenvalue weighted by Crippen LogP contribution is 2.36. The first-order valence-electron chi connectivity index (χ1n) is 6.09. The van der Waals surface area contributed by atoms with E-state index in [9.17, 15) is 13.2 Å². The fraction of sp³-hybridized carbons (Fsp3) is 0.538. The molecule has 0 aliphatic carbocycles. The van der Waals surface area contributed by atoms with E-state index < -0.39 is 17.8 Å². The molecule has 2 nitrogen and oxygen atoms in total. The number of hydrogen-bond acceptors (Lipinski definition) is 2. The molecule has 1 aliphatic heterocycles. The van der Waals surface area contributed by atoms with Gasteiger partial charge in [0.15, 0.2) is 0 Å². The van der Waals surface area contributed by atoms with Gasteiger partial charge in [0.1, 0.15) is 0 Å². The largest absolute Gasteiger partial charge is 0.416 e. The van der Waals surface area contributed by atoms with E-state index in [1.807, 2.05) is 0 Å². The Morgan fingerprint density at radius 1 is 1.26 bits per heavy atom. The topological polar surface area (TPSA) is 35.2 Å². The van der Waals surface area contributed by atoms with Crippen molar-refractivity contribution >= 4 is 11.6 Å². The van der Waals surface area contributed by atoms with Crippen LogP contribution in [0.3, 0.4) is 0 Å². The van der Waals surface area contributed by atoms with Crippen molar-refractivity contribution < 1.29 is 17.9 Å². The molecule has 0 saturated carbocycles. The molecule has 1 fully saturated rings. The lowest BCUT2D eigenvalue weighted by atomic mass is 9.87. The first kappa shape index (κ1) is 14.6. The minimum Gasteiger partial charge on any atom is -0.381 e. The molecule has 6 heteroatoms. The van der Waals surface area contributed by atoms with E-state index in [1.165, 1.54) is 6.07 Å². The summed E-state index contributed by atoms with van der Waals surface area (Å²) in [5, 5.41) is 0.284. The lowest BCUT2D eigenvalue weighted by molar-refractivity contribution is -0.137. The summed E-state index contributed by atoms with van der Waals surface area (Å²) in [6.45, 7) is 1.18. The SMILES string of the molecule is N[C@@H](c1cc(C(F)(F)F)ccc1Cl)C1CCOCC1. The van der Waals surface area contributed by atoms with Crippen LogP contribution in [-0.4, -0.2) is 13.2 Å². The van der Waals surface area contributed by atoms with E-state index in [1.54, 1.807) is 0 Å². The lowest BCUT2D eigenvalue weighted by Crippen LogP contribution is -2.28. The maximum atomic E-state index is 12.7. The Balaban J connectivity index is 2.27. The van der Waals surface area contributed by atoms with Crippen molar-refractivity contribution in [1.29, 1.82) is 0 Å². The maximum absolute atomic E-state index is 12.7. The van der Waals surface area contributed by atoms with Crippen LogP contribution in [0.1, 0.15) is 30.0 Å². The summed E-state index contributed by atoms with van der Waals surface area (Å²) in [4.78, 5) is 0. The van der Waals surface area contributed by atoms with Crippen molar-refractivity contribution in [1.82, 2.24) is 0 Å². The molecule has 2 rings (SSSR count). The maximum Gasteiger partial charge on any atom is 0.416 e. The molecular formula is C13H15ClF3NO. The van der Waals surface area contributed by atoms with Crippen molar-refractivity contribution in [3.63, 3.8) is 0 Å². The molecule has 0 bridgehead atoms. The molecule has 0 spiro atoms. The highest BCUT2D eigenvalue weighted by atomic mass is 35.5. The van der Waals surface area contributed by atoms with Gasteiger partial charge in [-0.25, -0.2) is 0 Å². The zero-order chi connectivity index (χ0) is 14.0. The zero-order valence-electron chi connectivity index (χ0n) is 10.2. The van der Waals surface area contributed by atoms with Crippen molar-refractivity contribution in [2.45, 2.75) is 25.1 Å². The number of halogens is 4. The normalized spacial score (nSPS) is 19.4. The molecule has 19 heavy (non-hydrogen) atoms. The number of ether oxygens (including phenoxy) is 1. The van der Waals surface area contributed by atoms with Gasteiger partial charge in [-0.15, -0.1) is 0 Å². The number of rotatable bonds is 2. The predicted molar refractivity (Wildman–Crippen MR) is 66.9 cm³/mol. The first-order chi connectivity index (χ1) is 8.89. The molecule has 1 heterocycles. The van der Waals surface area contributed by atoms with Gasteiger partial charge < -0.3 is 10.5 Å². The van der Waals surface area contributed by atoms with Crippen LogP contribution in [-0.2, 0) is 10.9 Å². The third kappa shape index (κ3) is 3.41. The van der Waals surface area contributed by atoms with Crippen molar-refractivity contribution in [3.8, 4) is 0 Å². The fourth-order valence-corrected chi connectivity index (χ4v) is 2.55. The number of nitrogens with two attached hydrogens (primary N) is 1. The third-order valence-corrected chi connectivity index (χ3v) is 3.80. The Morgan fingerprint density at radius 2 is 1.89 bits per heavy atom. The zero-order valence-corrected chi connectivity index (χ0v) is 11.0. The van der Waals surface area contributed by atoms with Crippen LogP contribution in [0.5, 0.6) is 0 Å². The average molecular weight is 294 g/mol. The molecular weight excluding hydrogens is 279 g/mol.